The molecule has 32 heavy (non-hydrogen) atoms. The first-order valence-electron chi connectivity index (χ1n) is 11.3. The lowest BCUT2D eigenvalue weighted by atomic mass is 10.1. The van der Waals surface area contributed by atoms with Crippen molar-refractivity contribution in [3.8, 4) is 0 Å². The molecule has 0 bridgehead atoms. The summed E-state index contributed by atoms with van der Waals surface area (Å²) < 4.78 is 30.7. The molecule has 1 amide bonds. The molecule has 1 aliphatic rings. The monoisotopic (exact) mass is 471 g/mol. The molecule has 3 aromatic rings. The standard InChI is InChI=1S/C24H29N3O3S2/c1-3-18-10-9-11-21-22(18)27(4-2)24(31-21)25-23(28)19-12-14-20(15-13-19)32(29,30)26-16-7-5-6-8-17-26/h9-15H,3-8,16-17H2,1-2H3. The third-order valence-corrected chi connectivity index (χ3v) is 8.94. The van der Waals surface area contributed by atoms with E-state index in [2.05, 4.69) is 28.6 Å². The van der Waals surface area contributed by atoms with E-state index in [4.69, 9.17) is 0 Å². The molecule has 0 atom stereocenters. The smallest absolute Gasteiger partial charge is 0.279 e. The molecule has 0 aliphatic carbocycles. The van der Waals surface area contributed by atoms with Gasteiger partial charge in [-0.05, 0) is 62.1 Å². The number of carbonyl (C=O) groups excluding carboxylic acids is 1. The zero-order chi connectivity index (χ0) is 22.7. The molecular formula is C24H29N3O3S2. The zero-order valence-electron chi connectivity index (χ0n) is 18.6. The van der Waals surface area contributed by atoms with E-state index in [-0.39, 0.29) is 10.8 Å². The minimum Gasteiger partial charge on any atom is -0.316 e. The minimum absolute atomic E-state index is 0.231. The van der Waals surface area contributed by atoms with E-state index < -0.39 is 10.0 Å². The lowest BCUT2D eigenvalue weighted by molar-refractivity contribution is 0.0997. The van der Waals surface area contributed by atoms with Gasteiger partial charge in [0.1, 0.15) is 0 Å². The summed E-state index contributed by atoms with van der Waals surface area (Å²) in [6.45, 7) is 6.00. The molecule has 0 saturated carbocycles. The molecule has 0 radical (unpaired) electrons. The minimum atomic E-state index is -3.53. The molecule has 170 valence electrons. The summed E-state index contributed by atoms with van der Waals surface area (Å²) >= 11 is 1.50. The van der Waals surface area contributed by atoms with E-state index in [0.717, 1.165) is 48.9 Å². The maximum Gasteiger partial charge on any atom is 0.279 e. The van der Waals surface area contributed by atoms with Gasteiger partial charge >= 0.3 is 0 Å². The molecular weight excluding hydrogens is 442 g/mol. The lowest BCUT2D eigenvalue weighted by Crippen LogP contribution is -2.31. The topological polar surface area (TPSA) is 71.7 Å². The molecule has 1 aromatic heterocycles. The van der Waals surface area contributed by atoms with Gasteiger partial charge in [0.15, 0.2) is 4.80 Å². The van der Waals surface area contributed by atoms with Crippen LogP contribution < -0.4 is 4.80 Å². The van der Waals surface area contributed by atoms with Crippen molar-refractivity contribution < 1.29 is 13.2 Å². The number of para-hydroxylation sites is 1. The number of aromatic nitrogens is 1. The summed E-state index contributed by atoms with van der Waals surface area (Å²) in [6, 6.07) is 12.4. The second kappa shape index (κ2) is 9.68. The van der Waals surface area contributed by atoms with Gasteiger partial charge in [0.2, 0.25) is 10.0 Å². The Bertz CT molecular complexity index is 1280. The maximum absolute atomic E-state index is 13.0. The Morgan fingerprint density at radius 1 is 1.00 bits per heavy atom. The zero-order valence-corrected chi connectivity index (χ0v) is 20.2. The molecule has 1 fully saturated rings. The van der Waals surface area contributed by atoms with Crippen LogP contribution in [0.25, 0.3) is 10.2 Å². The highest BCUT2D eigenvalue weighted by molar-refractivity contribution is 7.89. The average molecular weight is 472 g/mol. The van der Waals surface area contributed by atoms with Gasteiger partial charge in [-0.3, -0.25) is 4.79 Å². The predicted molar refractivity (Wildman–Crippen MR) is 128 cm³/mol. The van der Waals surface area contributed by atoms with Crippen LogP contribution >= 0.6 is 11.3 Å². The van der Waals surface area contributed by atoms with Crippen LogP contribution in [0, 0.1) is 0 Å². The second-order valence-electron chi connectivity index (χ2n) is 8.01. The summed E-state index contributed by atoms with van der Waals surface area (Å²) in [5.41, 5.74) is 2.75. The lowest BCUT2D eigenvalue weighted by Gasteiger charge is -2.19. The van der Waals surface area contributed by atoms with Gasteiger partial charge in [-0.25, -0.2) is 8.42 Å². The van der Waals surface area contributed by atoms with Crippen LogP contribution in [0.4, 0.5) is 0 Å². The van der Waals surface area contributed by atoms with Crippen molar-refractivity contribution in [2.45, 2.75) is 57.4 Å². The molecule has 0 unspecified atom stereocenters. The quantitative estimate of drug-likeness (QED) is 0.546. The van der Waals surface area contributed by atoms with Crippen LogP contribution in [0.15, 0.2) is 52.4 Å². The van der Waals surface area contributed by atoms with Crippen LogP contribution in [0.3, 0.4) is 0 Å². The van der Waals surface area contributed by atoms with Crippen molar-refractivity contribution in [2.75, 3.05) is 13.1 Å². The van der Waals surface area contributed by atoms with E-state index in [9.17, 15) is 13.2 Å². The normalized spacial score (nSPS) is 16.4. The molecule has 1 saturated heterocycles. The van der Waals surface area contributed by atoms with E-state index in [1.807, 2.05) is 13.0 Å². The second-order valence-corrected chi connectivity index (χ2v) is 11.0. The summed E-state index contributed by atoms with van der Waals surface area (Å²) in [4.78, 5) is 18.2. The Morgan fingerprint density at radius 2 is 1.69 bits per heavy atom. The van der Waals surface area contributed by atoms with Gasteiger partial charge in [-0.1, -0.05) is 43.2 Å². The largest absolute Gasteiger partial charge is 0.316 e. The number of carbonyl (C=O) groups is 1. The first-order chi connectivity index (χ1) is 15.5. The van der Waals surface area contributed by atoms with Crippen LogP contribution in [0.5, 0.6) is 0 Å². The molecule has 6 nitrogen and oxygen atoms in total. The maximum atomic E-state index is 13.0. The molecule has 4 rings (SSSR count). The fraction of sp³-hybridized carbons (Fsp3) is 0.417. The molecule has 0 N–H and O–H groups in total. The van der Waals surface area contributed by atoms with E-state index in [1.54, 1.807) is 16.4 Å². The van der Waals surface area contributed by atoms with Crippen molar-refractivity contribution >= 4 is 37.5 Å². The first kappa shape index (κ1) is 22.9. The summed E-state index contributed by atoms with van der Waals surface area (Å²) in [5, 5.41) is 0. The van der Waals surface area contributed by atoms with Gasteiger partial charge in [-0.15, -0.1) is 0 Å². The van der Waals surface area contributed by atoms with Gasteiger partial charge < -0.3 is 4.57 Å². The van der Waals surface area contributed by atoms with E-state index in [1.165, 1.54) is 29.0 Å². The number of hydrogen-bond acceptors (Lipinski definition) is 4. The average Bonchev–Trinajstić information content (AvgIpc) is 2.96. The number of hydrogen-bond donors (Lipinski definition) is 0. The molecule has 2 aromatic carbocycles. The number of benzene rings is 2. The highest BCUT2D eigenvalue weighted by atomic mass is 32.2. The number of fused-ring (bicyclic) bond motifs is 1. The van der Waals surface area contributed by atoms with Crippen LogP contribution in [0.1, 0.15) is 55.5 Å². The first-order valence-corrected chi connectivity index (χ1v) is 13.5. The number of sulfonamides is 1. The summed E-state index contributed by atoms with van der Waals surface area (Å²) in [7, 11) is -3.53. The van der Waals surface area contributed by atoms with Crippen LogP contribution in [0.2, 0.25) is 0 Å². The number of thiazole rings is 1. The summed E-state index contributed by atoms with van der Waals surface area (Å²) in [6.07, 6.45) is 4.82. The molecule has 1 aliphatic heterocycles. The van der Waals surface area contributed by atoms with E-state index >= 15 is 0 Å². The highest BCUT2D eigenvalue weighted by Crippen LogP contribution is 2.23. The Kier molecular flexibility index (Phi) is 6.93. The molecule has 8 heteroatoms. The third-order valence-electron chi connectivity index (χ3n) is 5.98. The SMILES string of the molecule is CCc1cccc2sc(=NC(=O)c3ccc(S(=O)(=O)N4CCCCCC4)cc3)n(CC)c12. The molecule has 0 spiro atoms. The van der Waals surface area contributed by atoms with Crippen molar-refractivity contribution in [3.63, 3.8) is 0 Å². The van der Waals surface area contributed by atoms with E-state index in [0.29, 0.717) is 23.5 Å². The van der Waals surface area contributed by atoms with Gasteiger partial charge in [0.25, 0.3) is 5.91 Å². The molecule has 2 heterocycles. The Labute approximate surface area is 193 Å². The third kappa shape index (κ3) is 4.44. The predicted octanol–water partition coefficient (Wildman–Crippen LogP) is 4.59. The number of aryl methyl sites for hydroxylation is 2. The number of nitrogens with zero attached hydrogens (tertiary/aromatic N) is 3. The van der Waals surface area contributed by atoms with Crippen molar-refractivity contribution in [3.05, 3.63) is 58.4 Å². The Morgan fingerprint density at radius 3 is 2.31 bits per heavy atom. The van der Waals surface area contributed by atoms with Gasteiger partial charge in [0.05, 0.1) is 15.1 Å². The number of amides is 1. The van der Waals surface area contributed by atoms with Gasteiger partial charge in [-0.2, -0.15) is 9.30 Å². The fourth-order valence-corrected chi connectivity index (χ4v) is 6.88. The Balaban J connectivity index is 1.64. The van der Waals surface area contributed by atoms with Crippen molar-refractivity contribution in [1.29, 1.82) is 0 Å². The van der Waals surface area contributed by atoms with Gasteiger partial charge in [0, 0.05) is 25.2 Å². The summed E-state index contributed by atoms with van der Waals surface area (Å²) in [5.74, 6) is -0.365. The van der Waals surface area contributed by atoms with Crippen molar-refractivity contribution in [1.82, 2.24) is 8.87 Å². The number of rotatable bonds is 5. The fourth-order valence-electron chi connectivity index (χ4n) is 4.22. The van der Waals surface area contributed by atoms with Crippen molar-refractivity contribution in [2.24, 2.45) is 4.99 Å². The Hall–Kier alpha value is -2.29. The van der Waals surface area contributed by atoms with Crippen LogP contribution in [-0.4, -0.2) is 36.3 Å². The highest BCUT2D eigenvalue weighted by Gasteiger charge is 2.25. The van der Waals surface area contributed by atoms with Crippen LogP contribution in [-0.2, 0) is 23.0 Å².